The molecule has 124 valence electrons. The Bertz CT molecular complexity index is 622. The van der Waals surface area contributed by atoms with E-state index >= 15 is 0 Å². The van der Waals surface area contributed by atoms with Crippen LogP contribution in [0.3, 0.4) is 0 Å². The second-order valence-corrected chi connectivity index (χ2v) is 4.76. The predicted octanol–water partition coefficient (Wildman–Crippen LogP) is 2.42. The zero-order chi connectivity index (χ0) is 17.0. The average molecular weight is 331 g/mol. The molecule has 0 spiro atoms. The summed E-state index contributed by atoms with van der Waals surface area (Å²) in [6, 6.07) is 3.46. The highest BCUT2D eigenvalue weighted by molar-refractivity contribution is 5.56. The summed E-state index contributed by atoms with van der Waals surface area (Å²) >= 11 is 0. The van der Waals surface area contributed by atoms with Gasteiger partial charge in [0.2, 0.25) is 5.88 Å². The standard InChI is InChI=1S/C13H12F3N3O4/c14-13(15,16)10-2-1-8(7-17)11(18-10)22-9-3-5-19(6-4-9)23-12(20)21/h1-2,9H,3-6H2,(H,20,21). The fraction of sp³-hybridized carbons (Fsp3) is 0.462. The Morgan fingerprint density at radius 3 is 2.57 bits per heavy atom. The van der Waals surface area contributed by atoms with Crippen molar-refractivity contribution >= 4 is 6.16 Å². The fourth-order valence-corrected chi connectivity index (χ4v) is 2.08. The van der Waals surface area contributed by atoms with E-state index in [4.69, 9.17) is 15.1 Å². The first-order chi connectivity index (χ1) is 10.8. The molecule has 0 saturated carbocycles. The van der Waals surface area contributed by atoms with E-state index < -0.39 is 24.1 Å². The number of halogens is 3. The lowest BCUT2D eigenvalue weighted by atomic mass is 10.1. The van der Waals surface area contributed by atoms with Gasteiger partial charge in [0.1, 0.15) is 23.4 Å². The molecule has 1 aromatic rings. The molecule has 0 amide bonds. The van der Waals surface area contributed by atoms with Crippen molar-refractivity contribution in [3.63, 3.8) is 0 Å². The van der Waals surface area contributed by atoms with Crippen LogP contribution in [0.1, 0.15) is 24.1 Å². The minimum atomic E-state index is -4.63. The van der Waals surface area contributed by atoms with Crippen LogP contribution < -0.4 is 4.74 Å². The van der Waals surface area contributed by atoms with Gasteiger partial charge in [-0.1, -0.05) is 0 Å². The van der Waals surface area contributed by atoms with Crippen LogP contribution in [0.5, 0.6) is 5.88 Å². The molecule has 0 atom stereocenters. The maximum absolute atomic E-state index is 12.7. The predicted molar refractivity (Wildman–Crippen MR) is 68.3 cm³/mol. The number of hydrogen-bond donors (Lipinski definition) is 1. The third-order valence-corrected chi connectivity index (χ3v) is 3.16. The lowest BCUT2D eigenvalue weighted by molar-refractivity contribution is -0.143. The number of carbonyl (C=O) groups is 1. The third-order valence-electron chi connectivity index (χ3n) is 3.16. The molecule has 1 N–H and O–H groups in total. The van der Waals surface area contributed by atoms with Crippen molar-refractivity contribution in [1.29, 1.82) is 5.26 Å². The molecule has 23 heavy (non-hydrogen) atoms. The highest BCUT2D eigenvalue weighted by Gasteiger charge is 2.34. The van der Waals surface area contributed by atoms with E-state index in [1.807, 2.05) is 0 Å². The molecule has 1 aliphatic rings. The molecular formula is C13H12F3N3O4. The van der Waals surface area contributed by atoms with E-state index in [1.165, 1.54) is 5.06 Å². The molecule has 10 heteroatoms. The monoisotopic (exact) mass is 331 g/mol. The van der Waals surface area contributed by atoms with Crippen molar-refractivity contribution in [2.75, 3.05) is 13.1 Å². The number of hydrogen-bond acceptors (Lipinski definition) is 6. The van der Waals surface area contributed by atoms with E-state index in [-0.39, 0.29) is 24.5 Å². The minimum Gasteiger partial charge on any atom is -0.473 e. The van der Waals surface area contributed by atoms with E-state index in [0.717, 1.165) is 6.07 Å². The van der Waals surface area contributed by atoms with Gasteiger partial charge in [0.25, 0.3) is 0 Å². The van der Waals surface area contributed by atoms with Crippen LogP contribution in [-0.4, -0.2) is 40.5 Å². The first-order valence-corrected chi connectivity index (χ1v) is 6.60. The zero-order valence-electron chi connectivity index (χ0n) is 11.7. The smallest absolute Gasteiger partial charge is 0.473 e. The van der Waals surface area contributed by atoms with Crippen LogP contribution >= 0.6 is 0 Å². The second-order valence-electron chi connectivity index (χ2n) is 4.76. The maximum Gasteiger partial charge on any atom is 0.525 e. The number of carboxylic acid groups (broad SMARTS) is 1. The lowest BCUT2D eigenvalue weighted by Crippen LogP contribution is -2.39. The van der Waals surface area contributed by atoms with Crippen LogP contribution in [0, 0.1) is 11.3 Å². The van der Waals surface area contributed by atoms with Crippen LogP contribution in [0.25, 0.3) is 0 Å². The molecule has 1 aliphatic heterocycles. The molecule has 0 aromatic carbocycles. The number of alkyl halides is 3. The topological polar surface area (TPSA) is 95.7 Å². The normalized spacial score (nSPS) is 16.6. The Balaban J connectivity index is 2.06. The molecule has 0 aliphatic carbocycles. The van der Waals surface area contributed by atoms with Gasteiger partial charge >= 0.3 is 12.3 Å². The summed E-state index contributed by atoms with van der Waals surface area (Å²) in [6.07, 6.45) is -5.89. The third kappa shape index (κ3) is 4.46. The number of piperidine rings is 1. The first-order valence-electron chi connectivity index (χ1n) is 6.60. The van der Waals surface area contributed by atoms with Crippen molar-refractivity contribution in [3.8, 4) is 11.9 Å². The Hall–Kier alpha value is -2.54. The molecule has 2 rings (SSSR count). The van der Waals surface area contributed by atoms with Crippen LogP contribution in [0.15, 0.2) is 12.1 Å². The van der Waals surface area contributed by atoms with Crippen LogP contribution in [0.4, 0.5) is 18.0 Å². The Kier molecular flexibility index (Phi) is 4.90. The molecular weight excluding hydrogens is 319 g/mol. The van der Waals surface area contributed by atoms with Gasteiger partial charge in [-0.25, -0.2) is 9.78 Å². The van der Waals surface area contributed by atoms with E-state index in [9.17, 15) is 18.0 Å². The molecule has 1 aromatic heterocycles. The van der Waals surface area contributed by atoms with Crippen LogP contribution in [0.2, 0.25) is 0 Å². The maximum atomic E-state index is 12.7. The number of rotatable bonds is 3. The molecule has 0 radical (unpaired) electrons. The summed E-state index contributed by atoms with van der Waals surface area (Å²) in [6.45, 7) is 0.468. The number of pyridine rings is 1. The van der Waals surface area contributed by atoms with Gasteiger partial charge in [0, 0.05) is 25.9 Å². The van der Waals surface area contributed by atoms with E-state index in [2.05, 4.69) is 9.82 Å². The van der Waals surface area contributed by atoms with Crippen molar-refractivity contribution in [2.24, 2.45) is 0 Å². The van der Waals surface area contributed by atoms with Crippen molar-refractivity contribution in [3.05, 3.63) is 23.4 Å². The van der Waals surface area contributed by atoms with Gasteiger partial charge in [0.05, 0.1) is 0 Å². The summed E-state index contributed by atoms with van der Waals surface area (Å²) in [5.74, 6) is -0.375. The lowest BCUT2D eigenvalue weighted by Gasteiger charge is -2.29. The average Bonchev–Trinajstić information content (AvgIpc) is 2.48. The summed E-state index contributed by atoms with van der Waals surface area (Å²) in [7, 11) is 0. The Labute approximate surface area is 128 Å². The van der Waals surface area contributed by atoms with Gasteiger partial charge in [0.15, 0.2) is 0 Å². The summed E-state index contributed by atoms with van der Waals surface area (Å²) in [5, 5.41) is 18.6. The largest absolute Gasteiger partial charge is 0.525 e. The minimum absolute atomic E-state index is 0.0952. The number of aromatic nitrogens is 1. The quantitative estimate of drug-likeness (QED) is 0.908. The highest BCUT2D eigenvalue weighted by atomic mass is 19.4. The van der Waals surface area contributed by atoms with Gasteiger partial charge in [-0.05, 0) is 12.1 Å². The van der Waals surface area contributed by atoms with Gasteiger partial charge in [-0.3, -0.25) is 0 Å². The highest BCUT2D eigenvalue weighted by Crippen LogP contribution is 2.30. The van der Waals surface area contributed by atoms with Crippen molar-refractivity contribution < 1.29 is 32.6 Å². The van der Waals surface area contributed by atoms with Crippen molar-refractivity contribution in [1.82, 2.24) is 10.0 Å². The Morgan fingerprint density at radius 1 is 1.39 bits per heavy atom. The molecule has 7 nitrogen and oxygen atoms in total. The molecule has 0 bridgehead atoms. The first kappa shape index (κ1) is 16.8. The number of hydroxylamine groups is 2. The van der Waals surface area contributed by atoms with E-state index in [1.54, 1.807) is 6.07 Å². The SMILES string of the molecule is N#Cc1ccc(C(F)(F)F)nc1OC1CCN(OC(=O)O)CC1. The van der Waals surface area contributed by atoms with Crippen molar-refractivity contribution in [2.45, 2.75) is 25.1 Å². The number of nitrogens with zero attached hydrogens (tertiary/aromatic N) is 3. The fourth-order valence-electron chi connectivity index (χ4n) is 2.08. The molecule has 1 fully saturated rings. The molecule has 0 unspecified atom stereocenters. The van der Waals surface area contributed by atoms with Crippen LogP contribution in [-0.2, 0) is 11.0 Å². The summed E-state index contributed by atoms with van der Waals surface area (Å²) in [5.41, 5.74) is -1.24. The Morgan fingerprint density at radius 2 is 2.04 bits per heavy atom. The zero-order valence-corrected chi connectivity index (χ0v) is 11.7. The summed E-state index contributed by atoms with van der Waals surface area (Å²) in [4.78, 5) is 18.3. The number of ether oxygens (including phenoxy) is 1. The summed E-state index contributed by atoms with van der Waals surface area (Å²) < 4.78 is 43.4. The van der Waals surface area contributed by atoms with Gasteiger partial charge in [-0.2, -0.15) is 18.4 Å². The molecule has 2 heterocycles. The molecule has 1 saturated heterocycles. The van der Waals surface area contributed by atoms with Gasteiger partial charge in [-0.15, -0.1) is 5.06 Å². The number of nitriles is 1. The second kappa shape index (κ2) is 6.70. The van der Waals surface area contributed by atoms with Gasteiger partial charge < -0.3 is 14.7 Å². The van der Waals surface area contributed by atoms with E-state index in [0.29, 0.717) is 18.9 Å².